The Balaban J connectivity index is 1.90. The first-order valence-corrected chi connectivity index (χ1v) is 10.8. The van der Waals surface area contributed by atoms with Crippen LogP contribution in [-0.2, 0) is 10.3 Å². The highest BCUT2D eigenvalue weighted by Crippen LogP contribution is 2.59. The number of fused-ring (bicyclic) bond motifs is 6. The van der Waals surface area contributed by atoms with Crippen molar-refractivity contribution in [2.75, 3.05) is 31.4 Å². The molecule has 168 valence electrons. The molecule has 9 heteroatoms. The Labute approximate surface area is 199 Å². The van der Waals surface area contributed by atoms with Crippen molar-refractivity contribution in [1.82, 2.24) is 0 Å². The maximum Gasteiger partial charge on any atom is 0.341 e. The van der Waals surface area contributed by atoms with Crippen LogP contribution < -0.4 is 15.0 Å². The number of aromatic carboxylic acids is 1. The van der Waals surface area contributed by atoms with Crippen LogP contribution in [0, 0.1) is 0 Å². The molecule has 1 atom stereocenters. The van der Waals surface area contributed by atoms with Crippen LogP contribution in [0.2, 0.25) is 10.0 Å². The molecule has 1 unspecified atom stereocenters. The van der Waals surface area contributed by atoms with Crippen molar-refractivity contribution in [2.45, 2.75) is 5.60 Å². The largest absolute Gasteiger partial charge is 0.478 e. The quantitative estimate of drug-likeness (QED) is 0.483. The van der Waals surface area contributed by atoms with Crippen LogP contribution in [0.3, 0.4) is 0 Å². The molecule has 0 aliphatic carbocycles. The number of carboxylic acid groups (broad SMARTS) is 1. The number of benzene rings is 3. The van der Waals surface area contributed by atoms with Crippen molar-refractivity contribution < 1.29 is 24.2 Å². The molecule has 0 saturated heterocycles. The third-order valence-corrected chi connectivity index (χ3v) is 6.67. The summed E-state index contributed by atoms with van der Waals surface area (Å²) in [6.07, 6.45) is 0. The van der Waals surface area contributed by atoms with E-state index in [-0.39, 0.29) is 21.2 Å². The number of anilines is 2. The molecule has 0 bridgehead atoms. The fourth-order valence-electron chi connectivity index (χ4n) is 4.42. The van der Waals surface area contributed by atoms with Gasteiger partial charge in [-0.05, 0) is 30.3 Å². The van der Waals surface area contributed by atoms with E-state index in [0.717, 1.165) is 11.4 Å². The first-order chi connectivity index (χ1) is 15.7. The molecule has 3 aromatic rings. The van der Waals surface area contributed by atoms with Gasteiger partial charge in [-0.25, -0.2) is 9.59 Å². The van der Waals surface area contributed by atoms with Gasteiger partial charge in [0.05, 0.1) is 21.2 Å². The summed E-state index contributed by atoms with van der Waals surface area (Å²) in [5.41, 5.74) is 1.31. The van der Waals surface area contributed by atoms with E-state index >= 15 is 0 Å². The number of hydrogen-bond donors (Lipinski definition) is 2. The first-order valence-electron chi connectivity index (χ1n) is 10.00. The number of nitrogens with zero attached hydrogens (tertiary/aromatic N) is 1. The number of hydrogen-bond acceptors (Lipinski definition) is 6. The zero-order valence-electron chi connectivity index (χ0n) is 17.8. The minimum absolute atomic E-state index is 0.0604. The van der Waals surface area contributed by atoms with Crippen molar-refractivity contribution >= 4 is 46.5 Å². The Morgan fingerprint density at radius 1 is 1.06 bits per heavy atom. The molecular weight excluding hydrogens is 467 g/mol. The Bertz CT molecular complexity index is 1370. The lowest BCUT2D eigenvalue weighted by molar-refractivity contribution is 0.0225. The van der Waals surface area contributed by atoms with Gasteiger partial charge >= 0.3 is 11.9 Å². The van der Waals surface area contributed by atoms with Gasteiger partial charge in [0.25, 0.3) is 0 Å². The molecule has 2 N–H and O–H groups in total. The lowest BCUT2D eigenvalue weighted by Gasteiger charge is -2.37. The molecule has 2 heterocycles. The number of carboxylic acids is 1. The molecule has 0 radical (unpaired) electrons. The molecule has 2 aliphatic heterocycles. The van der Waals surface area contributed by atoms with Gasteiger partial charge in [-0.1, -0.05) is 23.2 Å². The van der Waals surface area contributed by atoms with Gasteiger partial charge in [0, 0.05) is 61.3 Å². The Morgan fingerprint density at radius 3 is 2.36 bits per heavy atom. The van der Waals surface area contributed by atoms with Gasteiger partial charge < -0.3 is 24.8 Å². The summed E-state index contributed by atoms with van der Waals surface area (Å²) in [6.45, 7) is 0. The Hall–Kier alpha value is -3.42. The third kappa shape index (κ3) is 2.89. The maximum absolute atomic E-state index is 13.2. The minimum atomic E-state index is -1.45. The molecule has 1 spiro atoms. The SMILES string of the molecule is CNc1ccc2c(c1)Oc1cc(N(C)C)ccc1C21OC(=O)c2c(Cl)c(C(=O)O)cc(Cl)c21. The van der Waals surface area contributed by atoms with Crippen molar-refractivity contribution in [1.29, 1.82) is 0 Å². The molecule has 5 rings (SSSR count). The summed E-state index contributed by atoms with van der Waals surface area (Å²) in [7, 11) is 5.60. The van der Waals surface area contributed by atoms with Crippen LogP contribution in [0.15, 0.2) is 42.5 Å². The van der Waals surface area contributed by atoms with Crippen LogP contribution >= 0.6 is 23.2 Å². The standard InChI is InChI=1S/C24H18Cl2N2O5/c1-27-11-4-6-14-17(8-11)32-18-9-12(28(2)3)5-7-15(18)24(14)20-16(25)10-13(22(29)30)21(26)19(20)23(31)33-24/h4-10,27H,1-3H3,(H,29,30). The molecule has 0 aromatic heterocycles. The van der Waals surface area contributed by atoms with E-state index in [1.54, 1.807) is 19.2 Å². The van der Waals surface area contributed by atoms with Gasteiger partial charge in [-0.15, -0.1) is 0 Å². The molecule has 0 amide bonds. The summed E-state index contributed by atoms with van der Waals surface area (Å²) in [5, 5.41) is 12.5. The van der Waals surface area contributed by atoms with Gasteiger partial charge in [-0.2, -0.15) is 0 Å². The van der Waals surface area contributed by atoms with Gasteiger partial charge in [0.1, 0.15) is 11.5 Å². The predicted octanol–water partition coefficient (Wildman–Crippen LogP) is 5.37. The average molecular weight is 485 g/mol. The number of carbonyl (C=O) groups is 2. The zero-order valence-corrected chi connectivity index (χ0v) is 19.3. The number of ether oxygens (including phenoxy) is 2. The summed E-state index contributed by atoms with van der Waals surface area (Å²) >= 11 is 13.0. The summed E-state index contributed by atoms with van der Waals surface area (Å²) in [6, 6.07) is 12.2. The van der Waals surface area contributed by atoms with E-state index in [1.807, 2.05) is 43.3 Å². The average Bonchev–Trinajstić information content (AvgIpc) is 3.09. The summed E-state index contributed by atoms with van der Waals surface area (Å²) in [4.78, 5) is 26.8. The van der Waals surface area contributed by atoms with E-state index in [2.05, 4.69) is 5.32 Å². The topological polar surface area (TPSA) is 88.1 Å². The molecular formula is C24H18Cl2N2O5. The third-order valence-electron chi connectivity index (χ3n) is 5.98. The van der Waals surface area contributed by atoms with Crippen molar-refractivity contribution in [3.05, 3.63) is 80.3 Å². The molecule has 0 saturated carbocycles. The van der Waals surface area contributed by atoms with Crippen LogP contribution in [0.4, 0.5) is 11.4 Å². The predicted molar refractivity (Wildman–Crippen MR) is 126 cm³/mol. The highest BCUT2D eigenvalue weighted by Gasteiger charge is 2.56. The first kappa shape index (κ1) is 21.4. The summed E-state index contributed by atoms with van der Waals surface area (Å²) in [5.74, 6) is -1.09. The van der Waals surface area contributed by atoms with Crippen molar-refractivity contribution in [3.8, 4) is 11.5 Å². The summed E-state index contributed by atoms with van der Waals surface area (Å²) < 4.78 is 12.3. The van der Waals surface area contributed by atoms with E-state index in [4.69, 9.17) is 32.7 Å². The number of rotatable bonds is 3. The van der Waals surface area contributed by atoms with Crippen LogP contribution in [0.5, 0.6) is 11.5 Å². The zero-order chi connectivity index (χ0) is 23.7. The fourth-order valence-corrected chi connectivity index (χ4v) is 5.06. The monoisotopic (exact) mass is 484 g/mol. The second-order valence-electron chi connectivity index (χ2n) is 7.98. The molecule has 3 aromatic carbocycles. The lowest BCUT2D eigenvalue weighted by Crippen LogP contribution is -2.33. The van der Waals surface area contributed by atoms with Crippen LogP contribution in [0.1, 0.15) is 37.4 Å². The van der Waals surface area contributed by atoms with Gasteiger partial charge in [0.15, 0.2) is 5.60 Å². The van der Waals surface area contributed by atoms with Gasteiger partial charge in [-0.3, -0.25) is 0 Å². The van der Waals surface area contributed by atoms with Crippen molar-refractivity contribution in [2.24, 2.45) is 0 Å². The fraction of sp³-hybridized carbons (Fsp3) is 0.167. The second kappa shape index (κ2) is 7.30. The van der Waals surface area contributed by atoms with Crippen LogP contribution in [0.25, 0.3) is 0 Å². The maximum atomic E-state index is 13.2. The lowest BCUT2D eigenvalue weighted by atomic mass is 9.77. The number of esters is 1. The highest BCUT2D eigenvalue weighted by atomic mass is 35.5. The van der Waals surface area contributed by atoms with E-state index in [1.165, 1.54) is 6.07 Å². The number of nitrogens with one attached hydrogen (secondary N) is 1. The second-order valence-corrected chi connectivity index (χ2v) is 8.77. The number of halogens is 2. The molecule has 33 heavy (non-hydrogen) atoms. The van der Waals surface area contributed by atoms with E-state index in [9.17, 15) is 14.7 Å². The minimum Gasteiger partial charge on any atom is -0.478 e. The van der Waals surface area contributed by atoms with E-state index in [0.29, 0.717) is 28.2 Å². The Kier molecular flexibility index (Phi) is 4.74. The molecule has 2 aliphatic rings. The molecule has 0 fully saturated rings. The molecule has 7 nitrogen and oxygen atoms in total. The highest BCUT2D eigenvalue weighted by molar-refractivity contribution is 6.39. The van der Waals surface area contributed by atoms with Gasteiger partial charge in [0.2, 0.25) is 0 Å². The van der Waals surface area contributed by atoms with E-state index < -0.39 is 17.5 Å². The Morgan fingerprint density at radius 2 is 1.73 bits per heavy atom. The van der Waals surface area contributed by atoms with Crippen molar-refractivity contribution in [3.63, 3.8) is 0 Å². The smallest absolute Gasteiger partial charge is 0.341 e. The number of carbonyl (C=O) groups excluding carboxylic acids is 1. The normalized spacial score (nSPS) is 17.5. The van der Waals surface area contributed by atoms with Crippen LogP contribution in [-0.4, -0.2) is 38.2 Å².